The van der Waals surface area contributed by atoms with Crippen molar-refractivity contribution in [2.75, 3.05) is 7.11 Å². The first-order valence-electron chi connectivity index (χ1n) is 9.27. The molecule has 0 radical (unpaired) electrons. The number of aryl methyl sites for hydroxylation is 1. The second-order valence-electron chi connectivity index (χ2n) is 7.64. The molecule has 0 bridgehead atoms. The fourth-order valence-corrected chi connectivity index (χ4v) is 4.09. The highest BCUT2D eigenvalue weighted by Gasteiger charge is 2.65. The van der Waals surface area contributed by atoms with Crippen molar-refractivity contribution in [1.29, 1.82) is 5.26 Å². The van der Waals surface area contributed by atoms with Gasteiger partial charge in [0.2, 0.25) is 5.82 Å². The number of aromatic nitrogens is 1. The molecule has 166 valence electrons. The molecule has 31 heavy (non-hydrogen) atoms. The second kappa shape index (κ2) is 7.64. The summed E-state index contributed by atoms with van der Waals surface area (Å²) < 4.78 is 80.5. The van der Waals surface area contributed by atoms with Crippen molar-refractivity contribution in [3.8, 4) is 11.8 Å². The number of nitriles is 1. The first-order chi connectivity index (χ1) is 14.4. The van der Waals surface area contributed by atoms with Crippen molar-refractivity contribution in [2.45, 2.75) is 44.6 Å². The lowest BCUT2D eigenvalue weighted by molar-refractivity contribution is -0.275. The highest BCUT2D eigenvalue weighted by atomic mass is 19.4. The quantitative estimate of drug-likeness (QED) is 0.702. The molecule has 0 aliphatic carbocycles. The number of nitrogens with zero attached hydrogens (tertiary/aromatic N) is 1. The Labute approximate surface area is 174 Å². The van der Waals surface area contributed by atoms with Crippen molar-refractivity contribution in [2.24, 2.45) is 5.92 Å². The normalized spacial score (nSPS) is 26.0. The van der Waals surface area contributed by atoms with Crippen LogP contribution in [0.5, 0.6) is 5.75 Å². The molecular weight excluding hydrogens is 423 g/mol. The van der Waals surface area contributed by atoms with Crippen LogP contribution >= 0.6 is 0 Å². The molecule has 2 aromatic rings. The highest BCUT2D eigenvalue weighted by Crippen LogP contribution is 2.59. The van der Waals surface area contributed by atoms with E-state index in [2.05, 4.69) is 4.98 Å². The number of nitrogens with one attached hydrogen (secondary N) is 1. The molecule has 1 aliphatic heterocycles. The smallest absolute Gasteiger partial charge is 0.417 e. The number of benzene rings is 1. The lowest BCUT2D eigenvalue weighted by Gasteiger charge is -2.32. The predicted molar refractivity (Wildman–Crippen MR) is 99.6 cm³/mol. The minimum Gasteiger partial charge on any atom is -0.493 e. The molecule has 1 saturated heterocycles. The first-order valence-corrected chi connectivity index (χ1v) is 9.27. The summed E-state index contributed by atoms with van der Waals surface area (Å²) in [5.74, 6) is -5.51. The first kappa shape index (κ1) is 22.7. The van der Waals surface area contributed by atoms with E-state index in [1.165, 1.54) is 13.8 Å². The lowest BCUT2D eigenvalue weighted by atomic mass is 9.76. The number of pyridine rings is 1. The molecule has 1 aromatic carbocycles. The number of ether oxygens (including phenoxy) is 2. The third kappa shape index (κ3) is 3.47. The molecule has 0 saturated carbocycles. The van der Waals surface area contributed by atoms with E-state index in [1.807, 2.05) is 0 Å². The Bertz CT molecular complexity index is 1120. The van der Waals surface area contributed by atoms with E-state index >= 15 is 0 Å². The highest BCUT2D eigenvalue weighted by molar-refractivity contribution is 5.42. The minimum absolute atomic E-state index is 0.0156. The average molecular weight is 442 g/mol. The summed E-state index contributed by atoms with van der Waals surface area (Å²) in [5.41, 5.74) is -3.43. The van der Waals surface area contributed by atoms with Gasteiger partial charge in [-0.1, -0.05) is 13.0 Å². The van der Waals surface area contributed by atoms with Gasteiger partial charge in [0, 0.05) is 34.9 Å². The van der Waals surface area contributed by atoms with Crippen LogP contribution in [-0.4, -0.2) is 23.9 Å². The molecule has 3 rings (SSSR count). The number of aromatic amines is 1. The van der Waals surface area contributed by atoms with Gasteiger partial charge in [-0.05, 0) is 19.9 Å². The maximum absolute atomic E-state index is 14.4. The molecule has 4 atom stereocenters. The Balaban J connectivity index is 2.28. The van der Waals surface area contributed by atoms with Crippen LogP contribution in [0.4, 0.5) is 22.0 Å². The number of rotatable bonds is 3. The monoisotopic (exact) mass is 442 g/mol. The van der Waals surface area contributed by atoms with Gasteiger partial charge in [-0.2, -0.15) is 22.8 Å². The molecule has 1 aromatic heterocycles. The van der Waals surface area contributed by atoms with E-state index < -0.39 is 52.5 Å². The van der Waals surface area contributed by atoms with Crippen molar-refractivity contribution in [3.63, 3.8) is 0 Å². The Kier molecular flexibility index (Phi) is 5.61. The fraction of sp³-hybridized carbons (Fsp3) is 0.429. The summed E-state index contributed by atoms with van der Waals surface area (Å²) in [5, 5.41) is 9.10. The zero-order valence-electron chi connectivity index (χ0n) is 17.0. The van der Waals surface area contributed by atoms with Gasteiger partial charge >= 0.3 is 6.18 Å². The third-order valence-electron chi connectivity index (χ3n) is 5.97. The Morgan fingerprint density at radius 1 is 1.29 bits per heavy atom. The van der Waals surface area contributed by atoms with Gasteiger partial charge in [0.1, 0.15) is 17.7 Å². The standard InChI is InChI=1S/C21H19F5N2O3/c1-9-16(11-5-6-13(22)17(23)18(11)30-4)19(31-20(9,3)21(24,25)26)14-7-15(29)12(8-27)10(2)28-14/h5-7,9,16,19H,1-4H3,(H,28,29)/t9-,16-,19-,20+/m0/s1. The molecule has 0 amide bonds. The average Bonchev–Trinajstić information content (AvgIpc) is 2.96. The van der Waals surface area contributed by atoms with Gasteiger partial charge in [0.15, 0.2) is 22.6 Å². The number of H-pyrrole nitrogens is 1. The molecule has 0 spiro atoms. The van der Waals surface area contributed by atoms with Gasteiger partial charge in [-0.25, -0.2) is 4.39 Å². The van der Waals surface area contributed by atoms with Gasteiger partial charge in [0.25, 0.3) is 0 Å². The summed E-state index contributed by atoms with van der Waals surface area (Å²) in [7, 11) is 1.08. The number of methoxy groups -OCH3 is 1. The molecule has 1 aliphatic rings. The summed E-state index contributed by atoms with van der Waals surface area (Å²) in [4.78, 5) is 15.1. The zero-order chi connectivity index (χ0) is 23.3. The Hall–Kier alpha value is -2.93. The van der Waals surface area contributed by atoms with Crippen molar-refractivity contribution >= 4 is 0 Å². The largest absolute Gasteiger partial charge is 0.493 e. The van der Waals surface area contributed by atoms with Crippen LogP contribution in [-0.2, 0) is 4.74 Å². The summed E-state index contributed by atoms with van der Waals surface area (Å²) in [6, 6.07) is 4.66. The fourth-order valence-electron chi connectivity index (χ4n) is 4.09. The predicted octanol–water partition coefficient (Wildman–Crippen LogP) is 4.65. The van der Waals surface area contributed by atoms with E-state index in [9.17, 15) is 26.7 Å². The number of hydrogen-bond acceptors (Lipinski definition) is 4. The van der Waals surface area contributed by atoms with Crippen LogP contribution in [0.25, 0.3) is 0 Å². The summed E-state index contributed by atoms with van der Waals surface area (Å²) in [6.07, 6.45) is -6.17. The molecule has 0 unspecified atom stereocenters. The Morgan fingerprint density at radius 2 is 1.94 bits per heavy atom. The van der Waals surface area contributed by atoms with Crippen LogP contribution in [0.2, 0.25) is 0 Å². The lowest BCUT2D eigenvalue weighted by Crippen LogP contribution is -2.46. The molecule has 1 fully saturated rings. The van der Waals surface area contributed by atoms with Crippen LogP contribution in [0.1, 0.15) is 48.4 Å². The van der Waals surface area contributed by atoms with Crippen LogP contribution in [0, 0.1) is 35.8 Å². The van der Waals surface area contributed by atoms with Gasteiger partial charge in [-0.15, -0.1) is 0 Å². The second-order valence-corrected chi connectivity index (χ2v) is 7.64. The number of halogens is 5. The molecule has 2 heterocycles. The molecular formula is C21H19F5N2O3. The Morgan fingerprint density at radius 3 is 2.45 bits per heavy atom. The van der Waals surface area contributed by atoms with E-state index in [1.54, 1.807) is 6.07 Å². The van der Waals surface area contributed by atoms with Crippen LogP contribution < -0.4 is 10.2 Å². The molecule has 1 N–H and O–H groups in total. The van der Waals surface area contributed by atoms with Crippen LogP contribution in [0.3, 0.4) is 0 Å². The molecule has 5 nitrogen and oxygen atoms in total. The van der Waals surface area contributed by atoms with E-state index in [0.29, 0.717) is 0 Å². The zero-order valence-corrected chi connectivity index (χ0v) is 17.0. The topological polar surface area (TPSA) is 75.1 Å². The van der Waals surface area contributed by atoms with E-state index in [0.717, 1.165) is 32.2 Å². The van der Waals surface area contributed by atoms with Crippen molar-refractivity contribution in [1.82, 2.24) is 4.98 Å². The molecule has 10 heteroatoms. The van der Waals surface area contributed by atoms with Gasteiger partial charge in [-0.3, -0.25) is 4.79 Å². The summed E-state index contributed by atoms with van der Waals surface area (Å²) >= 11 is 0. The van der Waals surface area contributed by atoms with Crippen LogP contribution in [0.15, 0.2) is 23.0 Å². The SMILES string of the molecule is COc1c([C@H]2[C@H](c3cc(=O)c(C#N)c(C)[nH]3)O[C@@](C)(C(F)(F)F)[C@H]2C)ccc(F)c1F. The maximum Gasteiger partial charge on any atom is 0.417 e. The summed E-state index contributed by atoms with van der Waals surface area (Å²) in [6.45, 7) is 3.58. The number of alkyl halides is 3. The van der Waals surface area contributed by atoms with Crippen molar-refractivity contribution in [3.05, 3.63) is 62.6 Å². The maximum atomic E-state index is 14.4. The third-order valence-corrected chi connectivity index (χ3v) is 5.97. The van der Waals surface area contributed by atoms with E-state index in [-0.39, 0.29) is 22.5 Å². The van der Waals surface area contributed by atoms with E-state index in [4.69, 9.17) is 14.7 Å². The van der Waals surface area contributed by atoms with Crippen molar-refractivity contribution < 1.29 is 31.4 Å². The van der Waals surface area contributed by atoms with Gasteiger partial charge < -0.3 is 14.5 Å². The number of hydrogen-bond donors (Lipinski definition) is 1. The minimum atomic E-state index is -4.80. The van der Waals surface area contributed by atoms with Gasteiger partial charge in [0.05, 0.1) is 7.11 Å².